The molecule has 8 heteroatoms. The highest BCUT2D eigenvalue weighted by Crippen LogP contribution is 2.73. The molecule has 8 rings (SSSR count). The van der Waals surface area contributed by atoms with Crippen molar-refractivity contribution in [2.24, 2.45) is 11.3 Å². The molecule has 5 atom stereocenters. The van der Waals surface area contributed by atoms with Crippen LogP contribution in [0.5, 0.6) is 11.5 Å². The fourth-order valence-electron chi connectivity index (χ4n) is 9.04. The fraction of sp³-hybridized carbons (Fsp3) is 0.643. The fourth-order valence-corrected chi connectivity index (χ4v) is 9.04. The first-order valence-electron chi connectivity index (χ1n) is 13.0. The third kappa shape index (κ3) is 2.15. The molecule has 1 aromatic rings. The minimum absolute atomic E-state index is 0.00925. The zero-order valence-corrected chi connectivity index (χ0v) is 21.9. The van der Waals surface area contributed by atoms with Gasteiger partial charge in [-0.25, -0.2) is 0 Å². The summed E-state index contributed by atoms with van der Waals surface area (Å²) in [4.78, 5) is 32.2. The Morgan fingerprint density at radius 1 is 1.14 bits per heavy atom. The molecule has 0 radical (unpaired) electrons. The van der Waals surface area contributed by atoms with Crippen molar-refractivity contribution >= 4 is 17.5 Å². The Hall–Kier alpha value is -2.58. The number of likely N-dealkylation sites (N-methyl/N-ethyl adjacent to an activating group) is 1. The van der Waals surface area contributed by atoms with E-state index in [2.05, 4.69) is 24.1 Å². The maximum absolute atomic E-state index is 14.2. The number of anilines is 1. The lowest BCUT2D eigenvalue weighted by atomic mass is 9.55. The summed E-state index contributed by atoms with van der Waals surface area (Å²) in [7, 11) is 1.88. The van der Waals surface area contributed by atoms with Gasteiger partial charge in [-0.2, -0.15) is 0 Å². The average molecular weight is 494 g/mol. The number of fused-ring (bicyclic) bond motifs is 5. The number of aliphatic hydroxyl groups is 1. The molecular formula is C28H35N3O5. The summed E-state index contributed by atoms with van der Waals surface area (Å²) >= 11 is 0. The number of hydrogen-bond acceptors (Lipinski definition) is 6. The number of nitrogens with zero attached hydrogens (tertiary/aromatic N) is 2. The zero-order valence-electron chi connectivity index (χ0n) is 21.9. The van der Waals surface area contributed by atoms with Gasteiger partial charge in [-0.3, -0.25) is 14.5 Å². The van der Waals surface area contributed by atoms with Gasteiger partial charge in [0.1, 0.15) is 11.1 Å². The lowest BCUT2D eigenvalue weighted by Gasteiger charge is -2.65. The van der Waals surface area contributed by atoms with E-state index in [-0.39, 0.29) is 17.7 Å². The third-order valence-electron chi connectivity index (χ3n) is 11.0. The van der Waals surface area contributed by atoms with Crippen molar-refractivity contribution < 1.29 is 24.2 Å². The number of piperidine rings is 2. The Morgan fingerprint density at radius 2 is 1.89 bits per heavy atom. The first kappa shape index (κ1) is 22.6. The minimum atomic E-state index is -1.10. The van der Waals surface area contributed by atoms with Gasteiger partial charge in [0.15, 0.2) is 11.5 Å². The lowest BCUT2D eigenvalue weighted by Crippen LogP contribution is -2.82. The van der Waals surface area contributed by atoms with Gasteiger partial charge in [0.25, 0.3) is 0 Å². The molecule has 7 aliphatic rings. The van der Waals surface area contributed by atoms with E-state index in [1.54, 1.807) is 6.26 Å². The van der Waals surface area contributed by atoms with Gasteiger partial charge < -0.3 is 24.8 Å². The lowest BCUT2D eigenvalue weighted by molar-refractivity contribution is -0.206. The molecule has 1 aromatic carbocycles. The molecule has 0 aromatic heterocycles. The van der Waals surface area contributed by atoms with Crippen LogP contribution >= 0.6 is 0 Å². The van der Waals surface area contributed by atoms with E-state index in [1.165, 1.54) is 0 Å². The predicted molar refractivity (Wildman–Crippen MR) is 133 cm³/mol. The molecule has 5 fully saturated rings. The second-order valence-corrected chi connectivity index (χ2v) is 13.2. The molecule has 8 nitrogen and oxygen atoms in total. The van der Waals surface area contributed by atoms with Crippen molar-refractivity contribution in [3.8, 4) is 11.5 Å². The Balaban J connectivity index is 1.42. The summed E-state index contributed by atoms with van der Waals surface area (Å²) < 4.78 is 12.2. The summed E-state index contributed by atoms with van der Waals surface area (Å²) in [6.07, 6.45) is 5.16. The number of nitrogens with one attached hydrogen (secondary N) is 1. The van der Waals surface area contributed by atoms with Crippen molar-refractivity contribution in [1.29, 1.82) is 0 Å². The number of amides is 2. The molecule has 2 amide bonds. The van der Waals surface area contributed by atoms with Crippen LogP contribution in [0.1, 0.15) is 59.4 Å². The van der Waals surface area contributed by atoms with Gasteiger partial charge in [-0.15, -0.1) is 0 Å². The topological polar surface area (TPSA) is 91.3 Å². The first-order chi connectivity index (χ1) is 16.7. The van der Waals surface area contributed by atoms with Crippen molar-refractivity contribution in [3.63, 3.8) is 0 Å². The highest BCUT2D eigenvalue weighted by atomic mass is 16.5. The van der Waals surface area contributed by atoms with Crippen LogP contribution in [-0.2, 0) is 15.0 Å². The van der Waals surface area contributed by atoms with Crippen LogP contribution < -0.4 is 14.8 Å². The van der Waals surface area contributed by atoms with Gasteiger partial charge in [-0.1, -0.05) is 19.9 Å². The normalized spacial score (nSPS) is 42.9. The summed E-state index contributed by atoms with van der Waals surface area (Å²) in [6.45, 7) is 11.5. The number of ether oxygens (including phenoxy) is 2. The monoisotopic (exact) mass is 493 g/mol. The van der Waals surface area contributed by atoms with E-state index in [0.717, 1.165) is 5.56 Å². The smallest absolute Gasteiger partial charge is 0.246 e. The van der Waals surface area contributed by atoms with Crippen LogP contribution in [0, 0.1) is 11.3 Å². The molecule has 36 heavy (non-hydrogen) atoms. The zero-order chi connectivity index (χ0) is 25.7. The average Bonchev–Trinajstić information content (AvgIpc) is 3.25. The second-order valence-electron chi connectivity index (χ2n) is 13.2. The van der Waals surface area contributed by atoms with Crippen molar-refractivity contribution in [1.82, 2.24) is 9.80 Å². The van der Waals surface area contributed by atoms with Crippen LogP contribution in [0.25, 0.3) is 0 Å². The number of benzene rings is 1. The largest absolute Gasteiger partial charge is 0.480 e. The third-order valence-corrected chi connectivity index (χ3v) is 11.0. The van der Waals surface area contributed by atoms with Crippen molar-refractivity contribution in [2.45, 2.75) is 81.6 Å². The number of rotatable bonds is 0. The second kappa shape index (κ2) is 6.10. The number of carbonyl (C=O) groups excluding carboxylic acids is 2. The molecule has 6 heterocycles. The molecule has 2 N–H and O–H groups in total. The highest BCUT2D eigenvalue weighted by Gasteiger charge is 2.82. The molecule has 1 saturated carbocycles. The van der Waals surface area contributed by atoms with Gasteiger partial charge in [0.05, 0.1) is 28.5 Å². The van der Waals surface area contributed by atoms with E-state index in [9.17, 15) is 14.7 Å². The van der Waals surface area contributed by atoms with Crippen molar-refractivity contribution in [2.75, 3.05) is 25.5 Å². The minimum Gasteiger partial charge on any atom is -0.480 e. The SMILES string of the molecule is CN1C(=O)[C@]23CC4C1(CN2CC[C@@]3(C)O)CC1(C(=O)Nc2c1ccc1c2OC=CC(C)(C)O1)C4(C)C. The number of carbonyl (C=O) groups is 2. The van der Waals surface area contributed by atoms with E-state index < -0.39 is 33.1 Å². The summed E-state index contributed by atoms with van der Waals surface area (Å²) in [5.74, 6) is 1.10. The van der Waals surface area contributed by atoms with Crippen LogP contribution in [-0.4, -0.2) is 69.1 Å². The molecule has 192 valence electrons. The Kier molecular flexibility index (Phi) is 3.83. The first-order valence-corrected chi connectivity index (χ1v) is 13.0. The Labute approximate surface area is 211 Å². The van der Waals surface area contributed by atoms with Gasteiger partial charge in [0, 0.05) is 20.1 Å². The van der Waals surface area contributed by atoms with E-state index in [4.69, 9.17) is 9.47 Å². The van der Waals surface area contributed by atoms with Crippen molar-refractivity contribution in [3.05, 3.63) is 30.0 Å². The van der Waals surface area contributed by atoms with E-state index >= 15 is 0 Å². The summed E-state index contributed by atoms with van der Waals surface area (Å²) in [5, 5.41) is 14.7. The standard InChI is InChI=1S/C28H35N3O5/c1-23(2)10-12-35-20-17(36-23)8-7-16-19(20)29-21(32)27(16)14-26-15-31-11-9-25(5,34)28(31,22(33)30(26)6)13-18(26)24(27,3)4/h7-8,10,12,18,34H,9,11,13-15H2,1-6H3,(H,29,32)/t18?,25-,26?,27?,28+/m1/s1. The number of hydrogen-bond donors (Lipinski definition) is 2. The Bertz CT molecular complexity index is 1280. The van der Waals surface area contributed by atoms with Gasteiger partial charge in [0.2, 0.25) is 11.8 Å². The summed E-state index contributed by atoms with van der Waals surface area (Å²) in [6, 6.07) is 3.92. The predicted octanol–water partition coefficient (Wildman–Crippen LogP) is 2.80. The molecule has 2 bridgehead atoms. The van der Waals surface area contributed by atoms with E-state index in [1.807, 2.05) is 50.9 Å². The van der Waals surface area contributed by atoms with Gasteiger partial charge >= 0.3 is 0 Å². The Morgan fingerprint density at radius 3 is 2.64 bits per heavy atom. The maximum Gasteiger partial charge on any atom is 0.246 e. The van der Waals surface area contributed by atoms with E-state index in [0.29, 0.717) is 49.5 Å². The van der Waals surface area contributed by atoms with Crippen LogP contribution in [0.2, 0.25) is 0 Å². The highest BCUT2D eigenvalue weighted by molar-refractivity contribution is 6.09. The molecule has 6 aliphatic heterocycles. The number of piperazine rings is 1. The maximum atomic E-state index is 14.2. The molecule has 3 spiro atoms. The molecule has 3 unspecified atom stereocenters. The molecular weight excluding hydrogens is 458 g/mol. The van der Waals surface area contributed by atoms with Crippen LogP contribution in [0.4, 0.5) is 5.69 Å². The summed E-state index contributed by atoms with van der Waals surface area (Å²) in [5.41, 5.74) is -2.82. The van der Waals surface area contributed by atoms with Crippen LogP contribution in [0.3, 0.4) is 0 Å². The molecule has 4 saturated heterocycles. The molecule has 1 aliphatic carbocycles. The van der Waals surface area contributed by atoms with Crippen LogP contribution in [0.15, 0.2) is 24.5 Å². The quantitative estimate of drug-likeness (QED) is 0.578. The van der Waals surface area contributed by atoms with Gasteiger partial charge in [-0.05, 0) is 69.1 Å².